The molecule has 1 fully saturated rings. The fourth-order valence-electron chi connectivity index (χ4n) is 3.12. The van der Waals surface area contributed by atoms with Crippen molar-refractivity contribution >= 4 is 0 Å². The molecule has 0 heterocycles. The van der Waals surface area contributed by atoms with Crippen LogP contribution < -0.4 is 5.32 Å². The fraction of sp³-hybridized carbons (Fsp3) is 0.368. The minimum Gasteiger partial charge on any atom is -0.314 e. The van der Waals surface area contributed by atoms with E-state index in [1.165, 1.54) is 17.2 Å². The van der Waals surface area contributed by atoms with Gasteiger partial charge in [0.05, 0.1) is 0 Å². The highest BCUT2D eigenvalue weighted by Gasteiger charge is 2.29. The van der Waals surface area contributed by atoms with Crippen molar-refractivity contribution in [2.45, 2.75) is 38.1 Å². The van der Waals surface area contributed by atoms with Crippen LogP contribution in [0.2, 0.25) is 0 Å². The molecule has 0 amide bonds. The Labute approximate surface area is 126 Å². The first-order chi connectivity index (χ1) is 10.2. The van der Waals surface area contributed by atoms with Crippen LogP contribution in [-0.2, 0) is 6.42 Å². The smallest absolute Gasteiger partial charge is 0.123 e. The van der Waals surface area contributed by atoms with Gasteiger partial charge in [-0.1, -0.05) is 36.4 Å². The molecule has 0 aromatic heterocycles. The third kappa shape index (κ3) is 3.51. The standard InChI is InChI=1S/C19H22FN/c1-14-5-2-3-6-15(14)9-10-21-19-12-17(13-19)16-7-4-8-18(20)11-16/h2-8,11,17,19,21H,9-10,12-13H2,1H3. The topological polar surface area (TPSA) is 12.0 Å². The first-order valence-electron chi connectivity index (χ1n) is 7.76. The summed E-state index contributed by atoms with van der Waals surface area (Å²) < 4.78 is 13.2. The average Bonchev–Trinajstić information content (AvgIpc) is 2.43. The maximum Gasteiger partial charge on any atom is 0.123 e. The van der Waals surface area contributed by atoms with Crippen LogP contribution in [-0.4, -0.2) is 12.6 Å². The highest BCUT2D eigenvalue weighted by Crippen LogP contribution is 2.36. The van der Waals surface area contributed by atoms with Gasteiger partial charge in [-0.2, -0.15) is 0 Å². The number of hydrogen-bond acceptors (Lipinski definition) is 1. The number of aryl methyl sites for hydroxylation is 1. The van der Waals surface area contributed by atoms with Gasteiger partial charge in [0.2, 0.25) is 0 Å². The van der Waals surface area contributed by atoms with Gasteiger partial charge >= 0.3 is 0 Å². The fourth-order valence-corrected chi connectivity index (χ4v) is 3.12. The van der Waals surface area contributed by atoms with Crippen molar-refractivity contribution in [3.05, 3.63) is 71.0 Å². The lowest BCUT2D eigenvalue weighted by Crippen LogP contribution is -2.41. The first kappa shape index (κ1) is 14.3. The number of halogens is 1. The predicted octanol–water partition coefficient (Wildman–Crippen LogP) is 4.21. The summed E-state index contributed by atoms with van der Waals surface area (Å²) in [5.74, 6) is 0.403. The zero-order valence-corrected chi connectivity index (χ0v) is 12.5. The van der Waals surface area contributed by atoms with E-state index in [0.29, 0.717) is 12.0 Å². The maximum absolute atomic E-state index is 13.2. The van der Waals surface area contributed by atoms with Crippen LogP contribution in [0.3, 0.4) is 0 Å². The Bertz CT molecular complexity index is 602. The average molecular weight is 283 g/mol. The van der Waals surface area contributed by atoms with Crippen molar-refractivity contribution in [2.24, 2.45) is 0 Å². The molecule has 0 aliphatic heterocycles. The highest BCUT2D eigenvalue weighted by atomic mass is 19.1. The molecule has 0 bridgehead atoms. The van der Waals surface area contributed by atoms with Gasteiger partial charge in [0.1, 0.15) is 5.82 Å². The molecule has 0 saturated heterocycles. The van der Waals surface area contributed by atoms with Crippen LogP contribution in [0, 0.1) is 12.7 Å². The second-order valence-electron chi connectivity index (χ2n) is 6.05. The third-order valence-corrected chi connectivity index (χ3v) is 4.55. The van der Waals surface area contributed by atoms with E-state index in [0.717, 1.165) is 31.4 Å². The van der Waals surface area contributed by atoms with Gasteiger partial charge in [0, 0.05) is 6.04 Å². The molecular weight excluding hydrogens is 261 g/mol. The molecule has 1 aliphatic carbocycles. The summed E-state index contributed by atoms with van der Waals surface area (Å²) in [5.41, 5.74) is 3.93. The molecule has 1 aliphatic rings. The Morgan fingerprint density at radius 1 is 1.10 bits per heavy atom. The Kier molecular flexibility index (Phi) is 4.35. The normalized spacial score (nSPS) is 21.0. The number of rotatable bonds is 5. The van der Waals surface area contributed by atoms with Gasteiger partial charge in [0.15, 0.2) is 0 Å². The van der Waals surface area contributed by atoms with Gasteiger partial charge in [-0.3, -0.25) is 0 Å². The molecular formula is C19H22FN. The Morgan fingerprint density at radius 3 is 2.67 bits per heavy atom. The van der Waals surface area contributed by atoms with Crippen LogP contribution in [0.1, 0.15) is 35.4 Å². The lowest BCUT2D eigenvalue weighted by molar-refractivity contribution is 0.292. The van der Waals surface area contributed by atoms with Crippen molar-refractivity contribution in [1.29, 1.82) is 0 Å². The van der Waals surface area contributed by atoms with Crippen LogP contribution in [0.25, 0.3) is 0 Å². The van der Waals surface area contributed by atoms with Gasteiger partial charge in [-0.15, -0.1) is 0 Å². The summed E-state index contributed by atoms with van der Waals surface area (Å²) in [4.78, 5) is 0. The Hall–Kier alpha value is -1.67. The van der Waals surface area contributed by atoms with Crippen LogP contribution >= 0.6 is 0 Å². The Morgan fingerprint density at radius 2 is 1.90 bits per heavy atom. The Balaban J connectivity index is 1.42. The zero-order valence-electron chi connectivity index (χ0n) is 12.5. The van der Waals surface area contributed by atoms with E-state index in [9.17, 15) is 4.39 Å². The lowest BCUT2D eigenvalue weighted by Gasteiger charge is -2.36. The highest BCUT2D eigenvalue weighted by molar-refractivity contribution is 5.26. The van der Waals surface area contributed by atoms with E-state index < -0.39 is 0 Å². The van der Waals surface area contributed by atoms with E-state index in [1.54, 1.807) is 6.07 Å². The quantitative estimate of drug-likeness (QED) is 0.866. The molecule has 2 aromatic carbocycles. The van der Waals surface area contributed by atoms with Crippen molar-refractivity contribution < 1.29 is 4.39 Å². The van der Waals surface area contributed by atoms with Gasteiger partial charge in [0.25, 0.3) is 0 Å². The van der Waals surface area contributed by atoms with E-state index in [2.05, 4.69) is 36.5 Å². The molecule has 3 rings (SSSR count). The van der Waals surface area contributed by atoms with E-state index >= 15 is 0 Å². The molecule has 1 N–H and O–H groups in total. The van der Waals surface area contributed by atoms with E-state index in [4.69, 9.17) is 0 Å². The minimum absolute atomic E-state index is 0.122. The summed E-state index contributed by atoms with van der Waals surface area (Å²) in [7, 11) is 0. The zero-order chi connectivity index (χ0) is 14.7. The third-order valence-electron chi connectivity index (χ3n) is 4.55. The summed E-state index contributed by atoms with van der Waals surface area (Å²) >= 11 is 0. The van der Waals surface area contributed by atoms with Crippen molar-refractivity contribution in [3.8, 4) is 0 Å². The van der Waals surface area contributed by atoms with Crippen LogP contribution in [0.4, 0.5) is 4.39 Å². The second-order valence-corrected chi connectivity index (χ2v) is 6.05. The SMILES string of the molecule is Cc1ccccc1CCNC1CC(c2cccc(F)c2)C1. The lowest BCUT2D eigenvalue weighted by atomic mass is 9.76. The van der Waals surface area contributed by atoms with Crippen molar-refractivity contribution in [1.82, 2.24) is 5.32 Å². The summed E-state index contributed by atoms with van der Waals surface area (Å²) in [6.07, 6.45) is 3.32. The van der Waals surface area contributed by atoms with E-state index in [1.807, 2.05) is 12.1 Å². The second kappa shape index (κ2) is 6.40. The number of nitrogens with one attached hydrogen (secondary N) is 1. The molecule has 0 radical (unpaired) electrons. The van der Waals surface area contributed by atoms with Gasteiger partial charge < -0.3 is 5.32 Å². The molecule has 0 atom stereocenters. The van der Waals surface area contributed by atoms with E-state index in [-0.39, 0.29) is 5.82 Å². The summed E-state index contributed by atoms with van der Waals surface area (Å²) in [6, 6.07) is 16.2. The monoisotopic (exact) mass is 283 g/mol. The minimum atomic E-state index is -0.122. The maximum atomic E-state index is 13.2. The van der Waals surface area contributed by atoms with Crippen LogP contribution in [0.5, 0.6) is 0 Å². The number of benzene rings is 2. The molecule has 1 saturated carbocycles. The molecule has 0 unspecified atom stereocenters. The first-order valence-corrected chi connectivity index (χ1v) is 7.76. The molecule has 21 heavy (non-hydrogen) atoms. The summed E-state index contributed by atoms with van der Waals surface area (Å²) in [5, 5.41) is 3.62. The molecule has 2 aromatic rings. The van der Waals surface area contributed by atoms with Crippen molar-refractivity contribution in [2.75, 3.05) is 6.54 Å². The van der Waals surface area contributed by atoms with Crippen LogP contribution in [0.15, 0.2) is 48.5 Å². The predicted molar refractivity (Wildman–Crippen MR) is 85.0 cm³/mol. The molecule has 0 spiro atoms. The van der Waals surface area contributed by atoms with Crippen molar-refractivity contribution in [3.63, 3.8) is 0 Å². The molecule has 2 heteroatoms. The summed E-state index contributed by atoms with van der Waals surface area (Å²) in [6.45, 7) is 3.18. The largest absolute Gasteiger partial charge is 0.314 e. The van der Waals surface area contributed by atoms with Gasteiger partial charge in [-0.25, -0.2) is 4.39 Å². The molecule has 110 valence electrons. The van der Waals surface area contributed by atoms with Gasteiger partial charge in [-0.05, 0) is 67.5 Å². The molecule has 1 nitrogen and oxygen atoms in total. The number of hydrogen-bond donors (Lipinski definition) is 1.